The summed E-state index contributed by atoms with van der Waals surface area (Å²) in [5.74, 6) is -1.89. The molecule has 0 spiro atoms. The lowest BCUT2D eigenvalue weighted by Crippen LogP contribution is -2.49. The highest BCUT2D eigenvalue weighted by Gasteiger charge is 2.29. The summed E-state index contributed by atoms with van der Waals surface area (Å²) in [6, 6.07) is 6.56. The standard InChI is InChI=1S/C18H18FN4O2P/c1-11(9-20)18(26)23-7-5-22(6-8-23)17(25)16(24)12-10-21-14-4-2-3-13(19)15(12)14/h2-4,10,21H,5-8,26H2,1H3/b18-11+. The summed E-state index contributed by atoms with van der Waals surface area (Å²) in [6.45, 7) is 3.52. The van der Waals surface area contributed by atoms with E-state index in [1.165, 1.54) is 17.2 Å². The van der Waals surface area contributed by atoms with Gasteiger partial charge < -0.3 is 14.8 Å². The smallest absolute Gasteiger partial charge is 0.295 e. The van der Waals surface area contributed by atoms with E-state index >= 15 is 0 Å². The molecule has 1 aliphatic heterocycles. The van der Waals surface area contributed by atoms with E-state index in [-0.39, 0.29) is 10.9 Å². The molecule has 1 amide bonds. The molecule has 0 radical (unpaired) electrons. The number of nitrogens with zero attached hydrogens (tertiary/aromatic N) is 3. The zero-order valence-electron chi connectivity index (χ0n) is 14.3. The van der Waals surface area contributed by atoms with Crippen molar-refractivity contribution in [3.63, 3.8) is 0 Å². The predicted octanol–water partition coefficient (Wildman–Crippen LogP) is 2.26. The van der Waals surface area contributed by atoms with Gasteiger partial charge in [0.15, 0.2) is 0 Å². The molecule has 0 aliphatic carbocycles. The lowest BCUT2D eigenvalue weighted by molar-refractivity contribution is -0.127. The number of carbonyl (C=O) groups excluding carboxylic acids is 2. The van der Waals surface area contributed by atoms with Crippen molar-refractivity contribution in [2.75, 3.05) is 26.2 Å². The van der Waals surface area contributed by atoms with Gasteiger partial charge in [-0.05, 0) is 19.1 Å². The first kappa shape index (κ1) is 18.1. The largest absolute Gasteiger partial charge is 0.367 e. The molecule has 1 atom stereocenters. The molecule has 1 fully saturated rings. The van der Waals surface area contributed by atoms with E-state index in [0.717, 1.165) is 5.44 Å². The molecule has 2 heterocycles. The predicted molar refractivity (Wildman–Crippen MR) is 98.8 cm³/mol. The molecule has 1 aliphatic rings. The highest BCUT2D eigenvalue weighted by Crippen LogP contribution is 2.23. The summed E-state index contributed by atoms with van der Waals surface area (Å²) in [6.07, 6.45) is 1.38. The topological polar surface area (TPSA) is 80.2 Å². The normalized spacial score (nSPS) is 15.6. The number of rotatable bonds is 3. The average Bonchev–Trinajstić information content (AvgIpc) is 3.11. The Balaban J connectivity index is 1.75. The Hall–Kier alpha value is -2.71. The quantitative estimate of drug-likeness (QED) is 0.388. The highest BCUT2D eigenvalue weighted by molar-refractivity contribution is 7.22. The zero-order chi connectivity index (χ0) is 18.8. The Labute approximate surface area is 152 Å². The van der Waals surface area contributed by atoms with Gasteiger partial charge in [-0.2, -0.15) is 5.26 Å². The molecule has 6 nitrogen and oxygen atoms in total. The fraction of sp³-hybridized carbons (Fsp3) is 0.278. The number of ketones is 1. The molecule has 134 valence electrons. The maximum atomic E-state index is 14.1. The monoisotopic (exact) mass is 372 g/mol. The van der Waals surface area contributed by atoms with E-state index in [9.17, 15) is 14.0 Å². The van der Waals surface area contributed by atoms with Crippen LogP contribution in [0, 0.1) is 17.1 Å². The minimum absolute atomic E-state index is 0.0532. The maximum absolute atomic E-state index is 14.1. The van der Waals surface area contributed by atoms with E-state index in [4.69, 9.17) is 5.26 Å². The van der Waals surface area contributed by atoms with Crippen LogP contribution in [0.1, 0.15) is 17.3 Å². The second kappa shape index (κ2) is 7.27. The number of Topliss-reactive ketones (excluding diaryl/α,β-unsaturated/α-hetero) is 1. The number of aromatic amines is 1. The lowest BCUT2D eigenvalue weighted by Gasteiger charge is -2.36. The van der Waals surface area contributed by atoms with Gasteiger partial charge in [0.2, 0.25) is 0 Å². The summed E-state index contributed by atoms with van der Waals surface area (Å²) in [7, 11) is 2.54. The molecule has 2 aromatic rings. The number of amides is 1. The van der Waals surface area contributed by atoms with E-state index in [2.05, 4.69) is 20.3 Å². The number of aromatic nitrogens is 1. The second-order valence-corrected chi connectivity index (χ2v) is 6.64. The highest BCUT2D eigenvalue weighted by atomic mass is 31.0. The first-order valence-corrected chi connectivity index (χ1v) is 8.72. The lowest BCUT2D eigenvalue weighted by atomic mass is 10.1. The summed E-state index contributed by atoms with van der Waals surface area (Å²) < 4.78 is 14.1. The van der Waals surface area contributed by atoms with Crippen LogP contribution in [-0.4, -0.2) is 52.7 Å². The van der Waals surface area contributed by atoms with Crippen molar-refractivity contribution in [1.29, 1.82) is 5.26 Å². The molecule has 3 rings (SSSR count). The number of H-pyrrole nitrogens is 1. The Kier molecular flexibility index (Phi) is 5.06. The third kappa shape index (κ3) is 3.21. The Bertz CT molecular complexity index is 952. The van der Waals surface area contributed by atoms with E-state index < -0.39 is 17.5 Å². The molecular weight excluding hydrogens is 354 g/mol. The van der Waals surface area contributed by atoms with Crippen LogP contribution in [0.2, 0.25) is 0 Å². The van der Waals surface area contributed by atoms with Gasteiger partial charge in [0, 0.05) is 54.3 Å². The number of halogens is 1. The van der Waals surface area contributed by atoms with Gasteiger partial charge in [-0.3, -0.25) is 9.59 Å². The van der Waals surface area contributed by atoms with Crippen LogP contribution in [0.25, 0.3) is 10.9 Å². The molecule has 1 aromatic heterocycles. The summed E-state index contributed by atoms with van der Waals surface area (Å²) in [5.41, 5.74) is 1.93. The van der Waals surface area contributed by atoms with Crippen LogP contribution >= 0.6 is 9.24 Å². The van der Waals surface area contributed by atoms with E-state index in [0.29, 0.717) is 37.3 Å². The van der Waals surface area contributed by atoms with Crippen molar-refractivity contribution < 1.29 is 14.0 Å². The van der Waals surface area contributed by atoms with Crippen molar-refractivity contribution in [3.05, 3.63) is 46.8 Å². The van der Waals surface area contributed by atoms with Crippen molar-refractivity contribution in [3.8, 4) is 6.07 Å². The molecule has 1 saturated heterocycles. The molecule has 8 heteroatoms. The summed E-state index contributed by atoms with van der Waals surface area (Å²) >= 11 is 0. The number of hydrogen-bond acceptors (Lipinski definition) is 4. The van der Waals surface area contributed by atoms with Crippen LogP contribution < -0.4 is 0 Å². The molecule has 1 aromatic carbocycles. The molecule has 1 unspecified atom stereocenters. The van der Waals surface area contributed by atoms with Gasteiger partial charge in [-0.25, -0.2) is 4.39 Å². The van der Waals surface area contributed by atoms with Gasteiger partial charge in [0.05, 0.1) is 11.6 Å². The van der Waals surface area contributed by atoms with Crippen molar-refractivity contribution in [2.45, 2.75) is 6.92 Å². The molecule has 26 heavy (non-hydrogen) atoms. The minimum atomic E-state index is -0.718. The third-order valence-corrected chi connectivity index (χ3v) is 5.35. The zero-order valence-corrected chi connectivity index (χ0v) is 15.4. The Morgan fingerprint density at radius 1 is 1.23 bits per heavy atom. The Morgan fingerprint density at radius 3 is 2.54 bits per heavy atom. The molecule has 0 saturated carbocycles. The van der Waals surface area contributed by atoms with E-state index in [1.54, 1.807) is 19.1 Å². The van der Waals surface area contributed by atoms with Crippen molar-refractivity contribution >= 4 is 31.8 Å². The van der Waals surface area contributed by atoms with Gasteiger partial charge in [0.1, 0.15) is 5.82 Å². The molecule has 1 N–H and O–H groups in total. The van der Waals surface area contributed by atoms with Crippen LogP contribution in [0.3, 0.4) is 0 Å². The summed E-state index contributed by atoms with van der Waals surface area (Å²) in [4.78, 5) is 31.5. The van der Waals surface area contributed by atoms with Gasteiger partial charge >= 0.3 is 0 Å². The first-order chi connectivity index (χ1) is 12.4. The Morgan fingerprint density at radius 2 is 1.88 bits per heavy atom. The number of hydrogen-bond donors (Lipinski definition) is 1. The van der Waals surface area contributed by atoms with Crippen LogP contribution in [0.5, 0.6) is 0 Å². The van der Waals surface area contributed by atoms with Gasteiger partial charge in [-0.15, -0.1) is 0 Å². The fourth-order valence-corrected chi connectivity index (χ4v) is 3.35. The number of nitrogens with one attached hydrogen (secondary N) is 1. The maximum Gasteiger partial charge on any atom is 0.295 e. The van der Waals surface area contributed by atoms with Crippen molar-refractivity contribution in [2.24, 2.45) is 0 Å². The SMILES string of the molecule is C/C(C#N)=C(\P)N1CCN(C(=O)C(=O)c2c[nH]c3cccc(F)c23)CC1. The number of piperazine rings is 1. The number of carbonyl (C=O) groups is 2. The number of benzene rings is 1. The second-order valence-electron chi connectivity index (χ2n) is 6.10. The summed E-state index contributed by atoms with van der Waals surface area (Å²) in [5, 5.41) is 9.12. The van der Waals surface area contributed by atoms with Crippen LogP contribution in [-0.2, 0) is 4.79 Å². The average molecular weight is 372 g/mol. The van der Waals surface area contributed by atoms with Crippen LogP contribution in [0.15, 0.2) is 35.4 Å². The number of fused-ring (bicyclic) bond motifs is 1. The molecular formula is C18H18FN4O2P. The van der Waals surface area contributed by atoms with Gasteiger partial charge in [0.25, 0.3) is 11.7 Å². The van der Waals surface area contributed by atoms with Crippen LogP contribution in [0.4, 0.5) is 4.39 Å². The van der Waals surface area contributed by atoms with Crippen molar-refractivity contribution in [1.82, 2.24) is 14.8 Å². The minimum Gasteiger partial charge on any atom is -0.367 e. The fourth-order valence-electron chi connectivity index (χ4n) is 3.02. The number of nitriles is 1. The number of allylic oxidation sites excluding steroid dienone is 1. The molecule has 0 bridgehead atoms. The van der Waals surface area contributed by atoms with Gasteiger partial charge in [-0.1, -0.05) is 15.3 Å². The van der Waals surface area contributed by atoms with E-state index in [1.807, 2.05) is 4.90 Å². The third-order valence-electron chi connectivity index (χ3n) is 4.55. The first-order valence-electron chi connectivity index (χ1n) is 8.14.